The second-order valence-electron chi connectivity index (χ2n) is 20.1. The predicted molar refractivity (Wildman–Crippen MR) is 320 cm³/mol. The summed E-state index contributed by atoms with van der Waals surface area (Å²) < 4.78 is 0. The highest BCUT2D eigenvalue weighted by molar-refractivity contribution is 6.46. The number of aryl methyl sites for hydroxylation is 4. The molecule has 13 rings (SSSR count). The monoisotopic (exact) mass is 946 g/mol. The normalized spacial score (nSPS) is 11.6. The Labute approximate surface area is 433 Å². The molecule has 13 aromatic carbocycles. The van der Waals surface area contributed by atoms with Crippen molar-refractivity contribution in [3.63, 3.8) is 0 Å². The SMILES string of the molecule is C=C(c1ccc(C)cc1)c1ccc(N(c2ccc(C)cc2)c2c3ccccc3c3c4c2cccc4c2cccc4c(N(c5ccc(C)cc5)c5ccc(C(=C)c6ccc(C)cc6)cc5)c5ccccc5c3c42)cc1. The number of fused-ring (bicyclic) bond motifs is 6. The lowest BCUT2D eigenvalue weighted by Crippen LogP contribution is -2.12. The molecule has 0 unspecified atom stereocenters. The van der Waals surface area contributed by atoms with Gasteiger partial charge in [-0.3, -0.25) is 0 Å². The fraction of sp³-hybridized carbons (Fsp3) is 0.0556. The second kappa shape index (κ2) is 17.8. The van der Waals surface area contributed by atoms with E-state index in [2.05, 4.69) is 281 Å². The van der Waals surface area contributed by atoms with Gasteiger partial charge in [0.05, 0.1) is 11.4 Å². The van der Waals surface area contributed by atoms with Crippen LogP contribution in [0.1, 0.15) is 44.5 Å². The van der Waals surface area contributed by atoms with Gasteiger partial charge in [0.1, 0.15) is 0 Å². The van der Waals surface area contributed by atoms with Crippen LogP contribution in [0.5, 0.6) is 0 Å². The molecule has 0 saturated carbocycles. The Bertz CT molecular complexity index is 4030. The van der Waals surface area contributed by atoms with E-state index in [0.717, 1.165) is 67.5 Å². The lowest BCUT2D eigenvalue weighted by molar-refractivity contribution is 1.30. The summed E-state index contributed by atoms with van der Waals surface area (Å²) in [5.74, 6) is 0. The Morgan fingerprint density at radius 1 is 0.243 bits per heavy atom. The Hall–Kier alpha value is -9.24. The van der Waals surface area contributed by atoms with E-state index >= 15 is 0 Å². The molecule has 0 aliphatic heterocycles. The van der Waals surface area contributed by atoms with Crippen molar-refractivity contribution in [1.29, 1.82) is 0 Å². The van der Waals surface area contributed by atoms with E-state index < -0.39 is 0 Å². The summed E-state index contributed by atoms with van der Waals surface area (Å²) in [6.45, 7) is 17.7. The first-order chi connectivity index (χ1) is 36.2. The first-order valence-electron chi connectivity index (χ1n) is 25.6. The molecule has 74 heavy (non-hydrogen) atoms. The van der Waals surface area contributed by atoms with Gasteiger partial charge < -0.3 is 9.80 Å². The van der Waals surface area contributed by atoms with Crippen molar-refractivity contribution >= 4 is 110 Å². The third-order valence-corrected chi connectivity index (χ3v) is 15.4. The van der Waals surface area contributed by atoms with Crippen molar-refractivity contribution in [2.75, 3.05) is 9.80 Å². The van der Waals surface area contributed by atoms with Gasteiger partial charge in [0.15, 0.2) is 0 Å². The summed E-state index contributed by atoms with van der Waals surface area (Å²) in [5, 5.41) is 14.8. The molecule has 0 N–H and O–H groups in total. The molecule has 0 saturated heterocycles. The third-order valence-electron chi connectivity index (χ3n) is 15.4. The minimum atomic E-state index is 1.01. The molecule has 0 spiro atoms. The largest absolute Gasteiger partial charge is 0.309 e. The summed E-state index contributed by atoms with van der Waals surface area (Å²) >= 11 is 0. The van der Waals surface area contributed by atoms with Gasteiger partial charge in [-0.15, -0.1) is 0 Å². The molecule has 13 aromatic rings. The van der Waals surface area contributed by atoms with E-state index in [1.807, 2.05) is 0 Å². The van der Waals surface area contributed by atoms with E-state index in [9.17, 15) is 0 Å². The van der Waals surface area contributed by atoms with E-state index in [0.29, 0.717) is 0 Å². The lowest BCUT2D eigenvalue weighted by atomic mass is 9.83. The Morgan fingerprint density at radius 3 is 0.797 bits per heavy atom. The van der Waals surface area contributed by atoms with Crippen LogP contribution in [-0.2, 0) is 0 Å². The van der Waals surface area contributed by atoms with Gasteiger partial charge in [0.2, 0.25) is 0 Å². The molecular weight excluding hydrogens is 893 g/mol. The van der Waals surface area contributed by atoms with Crippen LogP contribution in [0.25, 0.3) is 75.8 Å². The maximum Gasteiger partial charge on any atom is 0.0619 e. The number of nitrogens with zero attached hydrogens (tertiary/aromatic N) is 2. The van der Waals surface area contributed by atoms with Gasteiger partial charge in [0, 0.05) is 55.1 Å². The molecule has 0 aromatic heterocycles. The molecule has 352 valence electrons. The summed E-state index contributed by atoms with van der Waals surface area (Å²) in [5.41, 5.74) is 18.1. The first-order valence-corrected chi connectivity index (χ1v) is 25.6. The van der Waals surface area contributed by atoms with E-state index in [-0.39, 0.29) is 0 Å². The molecule has 0 radical (unpaired) electrons. The minimum Gasteiger partial charge on any atom is -0.309 e. The van der Waals surface area contributed by atoms with Crippen LogP contribution in [0.15, 0.2) is 244 Å². The van der Waals surface area contributed by atoms with Gasteiger partial charge >= 0.3 is 0 Å². The molecule has 0 heterocycles. The topological polar surface area (TPSA) is 6.48 Å². The number of anilines is 6. The zero-order valence-corrected chi connectivity index (χ0v) is 42.2. The zero-order valence-electron chi connectivity index (χ0n) is 42.2. The Morgan fingerprint density at radius 2 is 0.473 bits per heavy atom. The molecule has 2 nitrogen and oxygen atoms in total. The van der Waals surface area contributed by atoms with Gasteiger partial charge in [-0.2, -0.15) is 0 Å². The molecule has 0 aliphatic rings. The number of hydrogen-bond acceptors (Lipinski definition) is 2. The van der Waals surface area contributed by atoms with Crippen LogP contribution < -0.4 is 9.80 Å². The van der Waals surface area contributed by atoms with Gasteiger partial charge in [0.25, 0.3) is 0 Å². The van der Waals surface area contributed by atoms with E-state index in [1.54, 1.807) is 0 Å². The zero-order chi connectivity index (χ0) is 50.2. The van der Waals surface area contributed by atoms with Crippen molar-refractivity contribution in [2.24, 2.45) is 0 Å². The fourth-order valence-corrected chi connectivity index (χ4v) is 11.5. The smallest absolute Gasteiger partial charge is 0.0619 e. The first kappa shape index (κ1) is 44.7. The van der Waals surface area contributed by atoms with Crippen LogP contribution in [0.3, 0.4) is 0 Å². The van der Waals surface area contributed by atoms with Crippen molar-refractivity contribution in [3.8, 4) is 0 Å². The highest BCUT2D eigenvalue weighted by atomic mass is 15.2. The molecular formula is C72H54N2. The van der Waals surface area contributed by atoms with Crippen LogP contribution in [0.4, 0.5) is 34.1 Å². The summed E-state index contributed by atoms with van der Waals surface area (Å²) in [6.07, 6.45) is 0. The second-order valence-corrected chi connectivity index (χ2v) is 20.1. The number of benzene rings is 13. The highest BCUT2D eigenvalue weighted by Crippen LogP contribution is 2.55. The van der Waals surface area contributed by atoms with Crippen LogP contribution in [-0.4, -0.2) is 0 Å². The third kappa shape index (κ3) is 7.33. The summed E-state index contributed by atoms with van der Waals surface area (Å²) in [4.78, 5) is 4.95. The Balaban J connectivity index is 1.08. The number of hydrogen-bond donors (Lipinski definition) is 0. The van der Waals surface area contributed by atoms with Crippen molar-refractivity contribution in [3.05, 3.63) is 288 Å². The van der Waals surface area contributed by atoms with Crippen molar-refractivity contribution in [2.45, 2.75) is 27.7 Å². The standard InChI is InChI=1S/C72H54N2/c1-45-21-29-51(30-22-45)49(5)53-33-41-57(42-34-53)73(55-37-25-47(3)26-38-55)71-63-15-9-7-13-61(63)69-67-59(17-11-19-65(67)71)60-18-12-20-66-68(60)70(69)62-14-8-10-16-64(62)72(66)74(56-39-27-48(4)28-40-56)58-43-35-54(36-44-58)50(6)52-31-23-46(2)24-32-52/h7-44H,5-6H2,1-4H3. The van der Waals surface area contributed by atoms with Crippen LogP contribution in [0.2, 0.25) is 0 Å². The van der Waals surface area contributed by atoms with Gasteiger partial charge in [-0.25, -0.2) is 0 Å². The van der Waals surface area contributed by atoms with Gasteiger partial charge in [-0.1, -0.05) is 217 Å². The average Bonchev–Trinajstić information content (AvgIpc) is 3.50. The van der Waals surface area contributed by atoms with Crippen molar-refractivity contribution < 1.29 is 0 Å². The summed E-state index contributed by atoms with van der Waals surface area (Å²) in [7, 11) is 0. The van der Waals surface area contributed by atoms with E-state index in [4.69, 9.17) is 0 Å². The fourth-order valence-electron chi connectivity index (χ4n) is 11.5. The average molecular weight is 947 g/mol. The minimum absolute atomic E-state index is 1.01. The molecule has 0 fully saturated rings. The van der Waals surface area contributed by atoms with Crippen LogP contribution >= 0.6 is 0 Å². The molecule has 0 aliphatic carbocycles. The lowest BCUT2D eigenvalue weighted by Gasteiger charge is -2.31. The molecule has 2 heteroatoms. The molecule has 0 amide bonds. The molecule has 0 atom stereocenters. The molecule has 0 bridgehead atoms. The van der Waals surface area contributed by atoms with Crippen LogP contribution in [0, 0.1) is 27.7 Å². The Kier molecular flexibility index (Phi) is 10.8. The summed E-state index contributed by atoms with van der Waals surface area (Å²) in [6, 6.07) is 85.2. The van der Waals surface area contributed by atoms with E-state index in [1.165, 1.54) is 86.9 Å². The van der Waals surface area contributed by atoms with Crippen molar-refractivity contribution in [1.82, 2.24) is 0 Å². The maximum atomic E-state index is 4.55. The highest BCUT2D eigenvalue weighted by Gasteiger charge is 2.28. The maximum absolute atomic E-state index is 4.55. The van der Waals surface area contributed by atoms with Gasteiger partial charge in [-0.05, 0) is 142 Å². The quantitative estimate of drug-likeness (QED) is 0.0996. The number of rotatable bonds is 10. The predicted octanol–water partition coefficient (Wildman–Crippen LogP) is 20.3.